The largest absolute Gasteiger partial charge is 0.321 e. The zero-order valence-electron chi connectivity index (χ0n) is 14.3. The van der Waals surface area contributed by atoms with E-state index in [1.165, 1.54) is 0 Å². The molecular formula is C23H14N2O2. The molecule has 4 heteroatoms. The molecule has 0 bridgehead atoms. The fourth-order valence-electron chi connectivity index (χ4n) is 3.64. The third-order valence-electron chi connectivity index (χ3n) is 4.85. The molecular weight excluding hydrogens is 336 g/mol. The maximum Gasteiger partial charge on any atom is 0.278 e. The highest BCUT2D eigenvalue weighted by atomic mass is 16.2. The number of benzene rings is 3. The lowest BCUT2D eigenvalue weighted by atomic mass is 9.91. The van der Waals surface area contributed by atoms with Gasteiger partial charge in [-0.25, -0.2) is 4.99 Å². The minimum atomic E-state index is -0.257. The minimum Gasteiger partial charge on any atom is -0.321 e. The predicted molar refractivity (Wildman–Crippen MR) is 104 cm³/mol. The highest BCUT2D eigenvalue weighted by Crippen LogP contribution is 2.36. The van der Waals surface area contributed by atoms with E-state index in [0.29, 0.717) is 22.5 Å². The predicted octanol–water partition coefficient (Wildman–Crippen LogP) is 3.94. The Balaban J connectivity index is 1.83. The van der Waals surface area contributed by atoms with Crippen LogP contribution >= 0.6 is 0 Å². The molecule has 0 aliphatic carbocycles. The first-order chi connectivity index (χ1) is 13.2. The zero-order valence-corrected chi connectivity index (χ0v) is 14.3. The molecule has 2 amide bonds. The average Bonchev–Trinajstić information content (AvgIpc) is 3.22. The van der Waals surface area contributed by atoms with Crippen LogP contribution in [0.1, 0.15) is 37.4 Å². The van der Waals surface area contributed by atoms with Crippen LogP contribution < -0.4 is 5.32 Å². The lowest BCUT2D eigenvalue weighted by Crippen LogP contribution is -2.16. The summed E-state index contributed by atoms with van der Waals surface area (Å²) < 4.78 is 0. The number of amides is 2. The lowest BCUT2D eigenvalue weighted by molar-refractivity contribution is 0.0978. The van der Waals surface area contributed by atoms with Gasteiger partial charge in [-0.3, -0.25) is 9.59 Å². The molecule has 2 aliphatic rings. The van der Waals surface area contributed by atoms with Gasteiger partial charge < -0.3 is 5.32 Å². The molecule has 0 atom stereocenters. The standard InChI is InChI=1S/C23H14N2O2/c26-22-17-12-6-4-10-15(17)20(24-22)19(14-8-2-1-3-9-14)21-16-11-5-7-13-18(16)23(27)25-21/h1-13H,(H,24,26)/b20-19-. The Morgan fingerprint density at radius 2 is 1.26 bits per heavy atom. The first-order valence-corrected chi connectivity index (χ1v) is 8.67. The van der Waals surface area contributed by atoms with Crippen molar-refractivity contribution in [2.45, 2.75) is 0 Å². The first kappa shape index (κ1) is 15.5. The van der Waals surface area contributed by atoms with Gasteiger partial charge in [0.25, 0.3) is 11.8 Å². The highest BCUT2D eigenvalue weighted by molar-refractivity contribution is 6.44. The molecule has 128 valence electrons. The van der Waals surface area contributed by atoms with Crippen LogP contribution in [0, 0.1) is 0 Å². The van der Waals surface area contributed by atoms with Crippen LogP contribution in [-0.4, -0.2) is 17.5 Å². The fourth-order valence-corrected chi connectivity index (χ4v) is 3.64. The van der Waals surface area contributed by atoms with Crippen molar-refractivity contribution in [3.8, 4) is 0 Å². The SMILES string of the molecule is O=C1N=C(/C(=C2\NC(=O)c3ccccc32)c2ccccc2)c2ccccc21. The van der Waals surface area contributed by atoms with Crippen molar-refractivity contribution in [3.05, 3.63) is 107 Å². The number of rotatable bonds is 2. The molecule has 0 spiro atoms. The van der Waals surface area contributed by atoms with E-state index in [9.17, 15) is 9.59 Å². The number of carbonyl (C=O) groups excluding carboxylic acids is 2. The van der Waals surface area contributed by atoms with Gasteiger partial charge in [0.15, 0.2) is 0 Å². The van der Waals surface area contributed by atoms with E-state index in [4.69, 9.17) is 0 Å². The first-order valence-electron chi connectivity index (χ1n) is 8.67. The van der Waals surface area contributed by atoms with Gasteiger partial charge in [0.1, 0.15) is 0 Å². The number of hydrogen-bond donors (Lipinski definition) is 1. The molecule has 0 fully saturated rings. The number of carbonyl (C=O) groups is 2. The Hall–Kier alpha value is -3.79. The van der Waals surface area contributed by atoms with Gasteiger partial charge in [0.05, 0.1) is 17.0 Å². The van der Waals surface area contributed by atoms with Crippen molar-refractivity contribution in [2.24, 2.45) is 4.99 Å². The van der Waals surface area contributed by atoms with Gasteiger partial charge in [-0.2, -0.15) is 0 Å². The van der Waals surface area contributed by atoms with E-state index >= 15 is 0 Å². The number of aliphatic imine (C=N–C) groups is 1. The molecule has 2 aliphatic heterocycles. The summed E-state index contributed by atoms with van der Waals surface area (Å²) in [5, 5.41) is 2.99. The Morgan fingerprint density at radius 3 is 2.00 bits per heavy atom. The highest BCUT2D eigenvalue weighted by Gasteiger charge is 2.32. The van der Waals surface area contributed by atoms with Gasteiger partial charge >= 0.3 is 0 Å². The lowest BCUT2D eigenvalue weighted by Gasteiger charge is -2.14. The second-order valence-electron chi connectivity index (χ2n) is 6.43. The van der Waals surface area contributed by atoms with Crippen LogP contribution in [0.4, 0.5) is 0 Å². The monoisotopic (exact) mass is 350 g/mol. The molecule has 0 radical (unpaired) electrons. The van der Waals surface area contributed by atoms with Gasteiger partial charge in [-0.1, -0.05) is 66.7 Å². The van der Waals surface area contributed by atoms with E-state index in [2.05, 4.69) is 10.3 Å². The summed E-state index contributed by atoms with van der Waals surface area (Å²) >= 11 is 0. The third kappa shape index (κ3) is 2.34. The van der Waals surface area contributed by atoms with Gasteiger partial charge in [-0.15, -0.1) is 0 Å². The van der Waals surface area contributed by atoms with Gasteiger partial charge in [0, 0.05) is 22.3 Å². The quantitative estimate of drug-likeness (QED) is 0.761. The molecule has 3 aromatic rings. The molecule has 3 aromatic carbocycles. The summed E-state index contributed by atoms with van der Waals surface area (Å²) in [6, 6.07) is 24.6. The van der Waals surface area contributed by atoms with Crippen molar-refractivity contribution in [1.82, 2.24) is 5.32 Å². The van der Waals surface area contributed by atoms with Gasteiger partial charge in [-0.05, 0) is 17.7 Å². The normalized spacial score (nSPS) is 16.5. The summed E-state index contributed by atoms with van der Waals surface area (Å²) in [5.41, 5.74) is 5.74. The molecule has 27 heavy (non-hydrogen) atoms. The average molecular weight is 350 g/mol. The van der Waals surface area contributed by atoms with Crippen LogP contribution in [0.15, 0.2) is 83.9 Å². The number of hydrogen-bond acceptors (Lipinski definition) is 2. The summed E-state index contributed by atoms with van der Waals surface area (Å²) in [5.74, 6) is -0.403. The smallest absolute Gasteiger partial charge is 0.278 e. The third-order valence-corrected chi connectivity index (χ3v) is 4.85. The van der Waals surface area contributed by atoms with E-state index in [0.717, 1.165) is 22.3 Å². The van der Waals surface area contributed by atoms with Crippen molar-refractivity contribution < 1.29 is 9.59 Å². The van der Waals surface area contributed by atoms with E-state index < -0.39 is 0 Å². The Kier molecular flexibility index (Phi) is 3.37. The number of fused-ring (bicyclic) bond motifs is 2. The molecule has 2 heterocycles. The summed E-state index contributed by atoms with van der Waals surface area (Å²) in [6.45, 7) is 0. The topological polar surface area (TPSA) is 58.5 Å². The maximum absolute atomic E-state index is 12.5. The summed E-state index contributed by atoms with van der Waals surface area (Å²) in [6.07, 6.45) is 0. The molecule has 5 rings (SSSR count). The number of nitrogens with one attached hydrogen (secondary N) is 1. The molecule has 1 N–H and O–H groups in total. The zero-order chi connectivity index (χ0) is 18.4. The molecule has 0 aromatic heterocycles. The van der Waals surface area contributed by atoms with Crippen molar-refractivity contribution in [3.63, 3.8) is 0 Å². The molecule has 0 saturated carbocycles. The van der Waals surface area contributed by atoms with Crippen LogP contribution in [0.2, 0.25) is 0 Å². The van der Waals surface area contributed by atoms with Crippen molar-refractivity contribution in [2.75, 3.05) is 0 Å². The molecule has 4 nitrogen and oxygen atoms in total. The van der Waals surface area contributed by atoms with E-state index in [-0.39, 0.29) is 11.8 Å². The summed E-state index contributed by atoms with van der Waals surface area (Å²) in [7, 11) is 0. The van der Waals surface area contributed by atoms with Crippen LogP contribution in [0.5, 0.6) is 0 Å². The second kappa shape index (κ2) is 5.88. The van der Waals surface area contributed by atoms with Gasteiger partial charge in [0.2, 0.25) is 0 Å². The Morgan fingerprint density at radius 1 is 0.667 bits per heavy atom. The maximum atomic E-state index is 12.5. The number of allylic oxidation sites excluding steroid dienone is 1. The van der Waals surface area contributed by atoms with Crippen LogP contribution in [0.3, 0.4) is 0 Å². The molecule has 0 unspecified atom stereocenters. The van der Waals surface area contributed by atoms with E-state index in [1.54, 1.807) is 12.1 Å². The molecule has 0 saturated heterocycles. The summed E-state index contributed by atoms with van der Waals surface area (Å²) in [4.78, 5) is 29.3. The van der Waals surface area contributed by atoms with Crippen molar-refractivity contribution >= 4 is 28.8 Å². The van der Waals surface area contributed by atoms with Crippen LogP contribution in [-0.2, 0) is 0 Å². The van der Waals surface area contributed by atoms with Crippen molar-refractivity contribution in [1.29, 1.82) is 0 Å². The van der Waals surface area contributed by atoms with Crippen LogP contribution in [0.25, 0.3) is 11.3 Å². The van der Waals surface area contributed by atoms with E-state index in [1.807, 2.05) is 66.7 Å². The fraction of sp³-hybridized carbons (Fsp3) is 0. The minimum absolute atomic E-state index is 0.146. The number of nitrogens with zero attached hydrogens (tertiary/aromatic N) is 1. The second-order valence-corrected chi connectivity index (χ2v) is 6.43. The Labute approximate surface area is 155 Å². The Bertz CT molecular complexity index is 1170.